The topological polar surface area (TPSA) is 223 Å². The van der Waals surface area contributed by atoms with E-state index in [1.807, 2.05) is 41.2 Å². The molecule has 6 aliphatic heterocycles. The van der Waals surface area contributed by atoms with Gasteiger partial charge in [0.15, 0.2) is 5.11 Å². The number of nitrogens with zero attached hydrogens (tertiary/aromatic N) is 9. The number of anilines is 2. The number of hydrogen-bond acceptors (Lipinski definition) is 18. The van der Waals surface area contributed by atoms with E-state index in [0.29, 0.717) is 29.9 Å². The molecule has 20 nitrogen and oxygen atoms in total. The molecule has 7 aromatic rings. The van der Waals surface area contributed by atoms with Gasteiger partial charge in [0.2, 0.25) is 29.5 Å². The molecule has 0 saturated carbocycles. The standard InChI is InChI=1S/C21H23N5O2.C19H21N3O2S.C12H15NO.C7H6N2OS.C2H6N2O.CH2Cl2.CH4.ClH/c1-15-23-24-20(26(15)17-7-8-19(27-2)22-13-17)25-11-9-21(10-12-25)18-6-4-3-5-16(18)14-28-21;1-23-17-7-6-15(12-20-17)21-18(25)22-10-8-19(9-11-22)16-5-3-2-4-14(16)13-24-19;1-2-4-11-10(3-1)9-14-12(11)5-7-13-8-6-12;1-10-7-3-2-6(4-8-7)9-5-11;1-2(5)4-3;2-1-3;;/h3-8,13H,9-12,14H2,1-2H3;2-7,12H,8-11,13H2,1H3,(H,21,25);1-4,13H,5-9H2;2-4H,1H3;3H2,1H3,(H,4,5);1H2;1H4;1H. The summed E-state index contributed by atoms with van der Waals surface area (Å²) >= 11 is 19.5. The lowest BCUT2D eigenvalue weighted by molar-refractivity contribution is -0.119. The highest BCUT2D eigenvalue weighted by Gasteiger charge is 2.45. The van der Waals surface area contributed by atoms with Crippen molar-refractivity contribution < 1.29 is 33.2 Å². The molecule has 4 aromatic heterocycles. The highest BCUT2D eigenvalue weighted by molar-refractivity contribution is 7.80. The number of nitrogens with one attached hydrogen (secondary N) is 3. The number of aromatic nitrogens is 6. The van der Waals surface area contributed by atoms with E-state index >= 15 is 0 Å². The van der Waals surface area contributed by atoms with Crippen LogP contribution in [0.1, 0.15) is 92.1 Å². The molecule has 13 rings (SSSR count). The molecule has 3 saturated heterocycles. The number of aliphatic imine (C=N–C) groups is 1. The first-order chi connectivity index (χ1) is 41.9. The molecular formula is C63H78Cl3N13O7S2. The Kier molecular flexibility index (Phi) is 27.2. The van der Waals surface area contributed by atoms with Crippen LogP contribution in [-0.4, -0.2) is 117 Å². The Morgan fingerprint density at radius 2 is 1.12 bits per heavy atom. The number of thiocarbonyl (C=S) groups is 2. The lowest BCUT2D eigenvalue weighted by Crippen LogP contribution is -2.46. The van der Waals surface area contributed by atoms with Crippen LogP contribution < -0.4 is 41.0 Å². The minimum Gasteiger partial charge on any atom is -0.481 e. The first-order valence-corrected chi connectivity index (χ1v) is 30.0. The fourth-order valence-corrected chi connectivity index (χ4v) is 11.6. The molecule has 0 aliphatic carbocycles. The molecule has 88 heavy (non-hydrogen) atoms. The summed E-state index contributed by atoms with van der Waals surface area (Å²) in [5.74, 6) is 7.79. The molecular weight excluding hydrogens is 1220 g/mol. The number of hydrogen-bond donors (Lipinski definition) is 4. The number of alkyl halides is 2. The number of nitrogens with two attached hydrogens (primary N) is 1. The maximum atomic E-state index is 9.58. The maximum Gasteiger partial charge on any atom is 0.231 e. The van der Waals surface area contributed by atoms with Crippen molar-refractivity contribution in [3.63, 3.8) is 0 Å². The molecule has 10 heterocycles. The number of fused-ring (bicyclic) bond motifs is 6. The molecule has 6 aliphatic rings. The first kappa shape index (κ1) is 70.2. The summed E-state index contributed by atoms with van der Waals surface area (Å²) in [5, 5.41) is 18.6. The summed E-state index contributed by atoms with van der Waals surface area (Å²) in [6.07, 6.45) is 11.1. The molecule has 470 valence electrons. The Morgan fingerprint density at radius 1 is 0.682 bits per heavy atom. The van der Waals surface area contributed by atoms with E-state index in [9.17, 15) is 4.79 Å². The summed E-state index contributed by atoms with van der Waals surface area (Å²) in [6, 6.07) is 36.8. The number of piperidine rings is 3. The molecule has 1 amide bonds. The number of isothiocyanates is 1. The van der Waals surface area contributed by atoms with Crippen molar-refractivity contribution in [2.75, 3.05) is 76.2 Å². The number of hydrazine groups is 1. The Morgan fingerprint density at radius 3 is 1.55 bits per heavy atom. The number of ether oxygens (including phenoxy) is 6. The van der Waals surface area contributed by atoms with Crippen LogP contribution in [0.4, 0.5) is 17.3 Å². The summed E-state index contributed by atoms with van der Waals surface area (Å²) in [5.41, 5.74) is 12.3. The second-order valence-electron chi connectivity index (χ2n) is 20.6. The summed E-state index contributed by atoms with van der Waals surface area (Å²) in [7, 11) is 4.78. The summed E-state index contributed by atoms with van der Waals surface area (Å²) in [6.45, 7) is 11.2. The van der Waals surface area contributed by atoms with Crippen molar-refractivity contribution >= 4 is 93.5 Å². The van der Waals surface area contributed by atoms with Crippen LogP contribution in [0, 0.1) is 6.92 Å². The average Bonchev–Trinajstić information content (AvgIpc) is 2.74. The number of aryl methyl sites for hydroxylation is 1. The number of rotatable bonds is 7. The third kappa shape index (κ3) is 17.5. The number of methoxy groups -OCH3 is 3. The number of halogens is 3. The van der Waals surface area contributed by atoms with Crippen LogP contribution in [-0.2, 0) is 55.6 Å². The summed E-state index contributed by atoms with van der Waals surface area (Å²) in [4.78, 5) is 30.2. The Balaban J connectivity index is 0.000000187. The van der Waals surface area contributed by atoms with Gasteiger partial charge in [0.25, 0.3) is 0 Å². The van der Waals surface area contributed by atoms with Gasteiger partial charge in [0, 0.05) is 51.3 Å². The fraction of sp³-hybridized carbons (Fsp3) is 0.397. The Bertz CT molecular complexity index is 3360. The van der Waals surface area contributed by atoms with Gasteiger partial charge in [-0.1, -0.05) is 80.2 Å². The van der Waals surface area contributed by atoms with Crippen molar-refractivity contribution in [1.29, 1.82) is 0 Å². The molecule has 3 spiro atoms. The molecule has 5 N–H and O–H groups in total. The van der Waals surface area contributed by atoms with Crippen LogP contribution >= 0.6 is 60.0 Å². The molecule has 3 aromatic carbocycles. The predicted molar refractivity (Wildman–Crippen MR) is 355 cm³/mol. The predicted octanol–water partition coefficient (Wildman–Crippen LogP) is 11.4. The van der Waals surface area contributed by atoms with Crippen LogP contribution in [0.15, 0.2) is 133 Å². The number of carbonyl (C=O) groups is 1. The largest absolute Gasteiger partial charge is 0.481 e. The van der Waals surface area contributed by atoms with Crippen LogP contribution in [0.3, 0.4) is 0 Å². The smallest absolute Gasteiger partial charge is 0.231 e. The van der Waals surface area contributed by atoms with E-state index in [2.05, 4.69) is 147 Å². The number of likely N-dealkylation sites (tertiary alicyclic amines) is 1. The highest BCUT2D eigenvalue weighted by atomic mass is 35.5. The lowest BCUT2D eigenvalue weighted by atomic mass is 9.84. The third-order valence-corrected chi connectivity index (χ3v) is 16.1. The second kappa shape index (κ2) is 34.2. The van der Waals surface area contributed by atoms with E-state index in [4.69, 9.17) is 63.8 Å². The molecule has 0 atom stereocenters. The normalized spacial score (nSPS) is 16.2. The zero-order chi connectivity index (χ0) is 60.9. The van der Waals surface area contributed by atoms with Crippen molar-refractivity contribution in [3.8, 4) is 23.3 Å². The number of carbonyl (C=O) groups excluding carboxylic acids is 1. The average molecular weight is 1300 g/mol. The Hall–Kier alpha value is -6.92. The number of pyridine rings is 3. The third-order valence-electron chi connectivity index (χ3n) is 15.7. The van der Waals surface area contributed by atoms with E-state index in [1.54, 1.807) is 52.1 Å². The van der Waals surface area contributed by atoms with Gasteiger partial charge >= 0.3 is 0 Å². The maximum absolute atomic E-state index is 9.58. The van der Waals surface area contributed by atoms with Crippen molar-refractivity contribution in [2.45, 2.75) is 96.4 Å². The highest BCUT2D eigenvalue weighted by Crippen LogP contribution is 2.46. The quantitative estimate of drug-likeness (QED) is 0.0291. The van der Waals surface area contributed by atoms with Crippen molar-refractivity contribution in [1.82, 2.24) is 45.4 Å². The van der Waals surface area contributed by atoms with Gasteiger partial charge in [-0.15, -0.1) is 45.8 Å². The van der Waals surface area contributed by atoms with Crippen molar-refractivity contribution in [3.05, 3.63) is 167 Å². The van der Waals surface area contributed by atoms with Gasteiger partial charge in [-0.05, 0) is 135 Å². The van der Waals surface area contributed by atoms with Crippen LogP contribution in [0.2, 0.25) is 0 Å². The SMILES string of the molecule is C.CC(=O)NN.COc1ccc(-n2c(C)nnc2N2CCC3(CC2)OCc2ccccc23)cn1.COc1ccc(N=C=S)cn1.COc1ccc(NC(=S)N2CCC3(CC2)OCc2ccccc23)cn1.Cl.ClCCl.c1ccc2c(c1)COC21CCNCC1. The first-order valence-electron chi connectivity index (χ1n) is 28.1. The monoisotopic (exact) mass is 1300 g/mol. The fourth-order valence-electron chi connectivity index (χ4n) is 11.2. The zero-order valence-corrected chi connectivity index (χ0v) is 53.3. The van der Waals surface area contributed by atoms with Crippen molar-refractivity contribution in [2.24, 2.45) is 10.8 Å². The lowest BCUT2D eigenvalue weighted by Gasteiger charge is -2.40. The van der Waals surface area contributed by atoms with Gasteiger partial charge in [-0.2, -0.15) is 4.99 Å². The number of amides is 1. The van der Waals surface area contributed by atoms with Gasteiger partial charge in [0.05, 0.1) is 104 Å². The summed E-state index contributed by atoms with van der Waals surface area (Å²) < 4.78 is 35.7. The molecule has 0 unspecified atom stereocenters. The van der Waals surface area contributed by atoms with Gasteiger partial charge in [0.1, 0.15) is 5.82 Å². The zero-order valence-electron chi connectivity index (χ0n) is 49.4. The van der Waals surface area contributed by atoms with E-state index < -0.39 is 0 Å². The van der Waals surface area contributed by atoms with Crippen LogP contribution in [0.5, 0.6) is 17.6 Å². The molecule has 25 heteroatoms. The second-order valence-corrected chi connectivity index (χ2v) is 21.9. The van der Waals surface area contributed by atoms with E-state index in [1.165, 1.54) is 40.3 Å². The minimum atomic E-state index is -0.218. The van der Waals surface area contributed by atoms with Gasteiger partial charge in [-0.25, -0.2) is 20.8 Å². The van der Waals surface area contributed by atoms with Gasteiger partial charge < -0.3 is 48.9 Å². The molecule has 3 fully saturated rings. The van der Waals surface area contributed by atoms with Gasteiger partial charge in [-0.3, -0.25) is 14.8 Å². The van der Waals surface area contributed by atoms with Crippen LogP contribution in [0.25, 0.3) is 5.69 Å². The molecule has 0 radical (unpaired) electrons. The minimum absolute atomic E-state index is 0. The Labute approximate surface area is 542 Å². The van der Waals surface area contributed by atoms with E-state index in [-0.39, 0.29) is 47.9 Å². The number of benzene rings is 3. The van der Waals surface area contributed by atoms with E-state index in [0.717, 1.165) is 119 Å². The molecule has 0 bridgehead atoms.